The summed E-state index contributed by atoms with van der Waals surface area (Å²) in [6.45, 7) is 6.01. The second-order valence-electron chi connectivity index (χ2n) is 6.24. The van der Waals surface area contributed by atoms with E-state index in [0.29, 0.717) is 6.42 Å². The molecule has 0 heterocycles. The van der Waals surface area contributed by atoms with E-state index >= 15 is 0 Å². The van der Waals surface area contributed by atoms with Gasteiger partial charge in [-0.2, -0.15) is 0 Å². The fraction of sp³-hybridized carbons (Fsp3) is 0.857. The maximum Gasteiger partial charge on any atom is 0.303 e. The van der Waals surface area contributed by atoms with Crippen molar-refractivity contribution in [3.8, 4) is 0 Å². The number of amides is 1. The second-order valence-corrected chi connectivity index (χ2v) is 6.24. The topological polar surface area (TPSA) is 66.4 Å². The van der Waals surface area contributed by atoms with E-state index in [-0.39, 0.29) is 23.3 Å². The average molecular weight is 255 g/mol. The molecule has 2 N–H and O–H groups in total. The van der Waals surface area contributed by atoms with Crippen molar-refractivity contribution in [3.63, 3.8) is 0 Å². The van der Waals surface area contributed by atoms with Crippen molar-refractivity contribution in [2.75, 3.05) is 0 Å². The average Bonchev–Trinajstić information content (AvgIpc) is 2.63. The predicted octanol–water partition coefficient (Wildman–Crippen LogP) is 2.72. The molecule has 0 atom stereocenters. The first-order chi connectivity index (χ1) is 8.29. The van der Waals surface area contributed by atoms with Crippen LogP contribution in [0.4, 0.5) is 0 Å². The minimum absolute atomic E-state index is 0.00926. The van der Waals surface area contributed by atoms with E-state index < -0.39 is 5.97 Å². The van der Waals surface area contributed by atoms with Crippen LogP contribution in [-0.2, 0) is 9.59 Å². The summed E-state index contributed by atoms with van der Waals surface area (Å²) >= 11 is 0. The molecule has 0 unspecified atom stereocenters. The Morgan fingerprint density at radius 2 is 1.78 bits per heavy atom. The lowest BCUT2D eigenvalue weighted by Gasteiger charge is -2.30. The summed E-state index contributed by atoms with van der Waals surface area (Å²) in [5.74, 6) is -0.801. The lowest BCUT2D eigenvalue weighted by atomic mass is 9.79. The summed E-state index contributed by atoms with van der Waals surface area (Å²) in [5, 5.41) is 12.0. The van der Waals surface area contributed by atoms with E-state index in [1.54, 1.807) is 0 Å². The highest BCUT2D eigenvalue weighted by Crippen LogP contribution is 2.44. The quantitative estimate of drug-likeness (QED) is 0.767. The molecule has 4 nitrogen and oxygen atoms in total. The Hall–Kier alpha value is -1.06. The van der Waals surface area contributed by atoms with Crippen LogP contribution in [0.2, 0.25) is 0 Å². The van der Waals surface area contributed by atoms with Crippen LogP contribution in [0.1, 0.15) is 65.7 Å². The summed E-state index contributed by atoms with van der Waals surface area (Å²) in [7, 11) is 0. The van der Waals surface area contributed by atoms with Gasteiger partial charge in [0.2, 0.25) is 5.91 Å². The first-order valence-corrected chi connectivity index (χ1v) is 6.81. The molecule has 1 amide bonds. The number of rotatable bonds is 6. The van der Waals surface area contributed by atoms with Crippen LogP contribution in [0.25, 0.3) is 0 Å². The van der Waals surface area contributed by atoms with Gasteiger partial charge in [0.15, 0.2) is 0 Å². The maximum absolute atomic E-state index is 12.1. The highest BCUT2D eigenvalue weighted by molar-refractivity contribution is 5.78. The largest absolute Gasteiger partial charge is 0.481 e. The zero-order valence-corrected chi connectivity index (χ0v) is 11.7. The number of aliphatic carboxylic acids is 1. The molecule has 1 rings (SSSR count). The Morgan fingerprint density at radius 3 is 2.22 bits per heavy atom. The number of carbonyl (C=O) groups excluding carboxylic acids is 1. The highest BCUT2D eigenvalue weighted by atomic mass is 16.4. The molecule has 0 aliphatic heterocycles. The number of carboxylic acids is 1. The molecule has 104 valence electrons. The molecule has 0 aromatic carbocycles. The van der Waals surface area contributed by atoms with Gasteiger partial charge in [0, 0.05) is 12.0 Å². The Labute approximate surface area is 109 Å². The molecule has 4 heteroatoms. The van der Waals surface area contributed by atoms with E-state index in [9.17, 15) is 9.59 Å². The minimum Gasteiger partial charge on any atom is -0.481 e. The van der Waals surface area contributed by atoms with Gasteiger partial charge in [-0.25, -0.2) is 0 Å². The number of hydrogen-bond acceptors (Lipinski definition) is 2. The van der Waals surface area contributed by atoms with Gasteiger partial charge in [-0.15, -0.1) is 0 Å². The van der Waals surface area contributed by atoms with Crippen molar-refractivity contribution in [1.82, 2.24) is 5.32 Å². The summed E-state index contributed by atoms with van der Waals surface area (Å²) in [5.41, 5.74) is -0.514. The molecule has 1 aliphatic carbocycles. The van der Waals surface area contributed by atoms with Crippen molar-refractivity contribution in [2.24, 2.45) is 5.41 Å². The van der Waals surface area contributed by atoms with Gasteiger partial charge in [0.05, 0.1) is 6.42 Å². The molecule has 1 saturated carbocycles. The summed E-state index contributed by atoms with van der Waals surface area (Å²) in [6, 6.07) is 0. The molecule has 0 saturated heterocycles. The van der Waals surface area contributed by atoms with E-state index in [4.69, 9.17) is 5.11 Å². The molecule has 1 aliphatic rings. The highest BCUT2D eigenvalue weighted by Gasteiger charge is 2.38. The van der Waals surface area contributed by atoms with Crippen LogP contribution < -0.4 is 5.32 Å². The SMILES string of the molecule is CCC(C)(C)NC(=O)CC1(CC(=O)O)CCCC1. The van der Waals surface area contributed by atoms with Crippen molar-refractivity contribution >= 4 is 11.9 Å². The van der Waals surface area contributed by atoms with Crippen LogP contribution >= 0.6 is 0 Å². The molecule has 18 heavy (non-hydrogen) atoms. The number of nitrogens with one attached hydrogen (secondary N) is 1. The lowest BCUT2D eigenvalue weighted by Crippen LogP contribution is -2.44. The monoisotopic (exact) mass is 255 g/mol. The second kappa shape index (κ2) is 5.72. The van der Waals surface area contributed by atoms with E-state index in [1.807, 2.05) is 20.8 Å². The third kappa shape index (κ3) is 4.31. The molecule has 0 aromatic rings. The van der Waals surface area contributed by atoms with Crippen molar-refractivity contribution < 1.29 is 14.7 Å². The van der Waals surface area contributed by atoms with E-state index in [0.717, 1.165) is 32.1 Å². The predicted molar refractivity (Wildman–Crippen MR) is 70.3 cm³/mol. The zero-order valence-electron chi connectivity index (χ0n) is 11.7. The van der Waals surface area contributed by atoms with Crippen LogP contribution in [0.15, 0.2) is 0 Å². The molecular formula is C14H25NO3. The van der Waals surface area contributed by atoms with Crippen molar-refractivity contribution in [2.45, 2.75) is 71.3 Å². The van der Waals surface area contributed by atoms with Crippen molar-refractivity contribution in [1.29, 1.82) is 0 Å². The van der Waals surface area contributed by atoms with Gasteiger partial charge in [0.1, 0.15) is 0 Å². The zero-order chi connectivity index (χ0) is 13.8. The summed E-state index contributed by atoms with van der Waals surface area (Å²) in [6.07, 6.45) is 5.13. The third-order valence-corrected chi connectivity index (χ3v) is 4.09. The molecular weight excluding hydrogens is 230 g/mol. The van der Waals surface area contributed by atoms with Crippen LogP contribution in [0, 0.1) is 5.41 Å². The van der Waals surface area contributed by atoms with Gasteiger partial charge in [0.25, 0.3) is 0 Å². The van der Waals surface area contributed by atoms with Gasteiger partial charge in [-0.05, 0) is 38.5 Å². The van der Waals surface area contributed by atoms with Crippen LogP contribution in [0.5, 0.6) is 0 Å². The molecule has 0 aromatic heterocycles. The fourth-order valence-electron chi connectivity index (χ4n) is 2.71. The van der Waals surface area contributed by atoms with Gasteiger partial charge < -0.3 is 10.4 Å². The van der Waals surface area contributed by atoms with Gasteiger partial charge in [-0.3, -0.25) is 9.59 Å². The Kier molecular flexibility index (Phi) is 4.77. The minimum atomic E-state index is -0.792. The van der Waals surface area contributed by atoms with Crippen molar-refractivity contribution in [3.05, 3.63) is 0 Å². The lowest BCUT2D eigenvalue weighted by molar-refractivity contribution is -0.140. The summed E-state index contributed by atoms with van der Waals surface area (Å²) in [4.78, 5) is 23.0. The maximum atomic E-state index is 12.1. The first-order valence-electron chi connectivity index (χ1n) is 6.81. The smallest absolute Gasteiger partial charge is 0.303 e. The summed E-state index contributed by atoms with van der Waals surface area (Å²) < 4.78 is 0. The van der Waals surface area contributed by atoms with Gasteiger partial charge >= 0.3 is 5.97 Å². The Morgan fingerprint density at radius 1 is 1.22 bits per heavy atom. The molecule has 1 fully saturated rings. The molecule has 0 radical (unpaired) electrons. The van der Waals surface area contributed by atoms with E-state index in [2.05, 4.69) is 5.32 Å². The number of carboxylic acid groups (broad SMARTS) is 1. The molecule has 0 spiro atoms. The normalized spacial score (nSPS) is 18.6. The third-order valence-electron chi connectivity index (χ3n) is 4.09. The van der Waals surface area contributed by atoms with E-state index in [1.165, 1.54) is 0 Å². The molecule has 0 bridgehead atoms. The van der Waals surface area contributed by atoms with Gasteiger partial charge in [-0.1, -0.05) is 19.8 Å². The standard InChI is InChI=1S/C14H25NO3/c1-4-13(2,3)15-11(16)9-14(10-12(17)18)7-5-6-8-14/h4-10H2,1-3H3,(H,15,16)(H,17,18). The first kappa shape index (κ1) is 15.0. The fourth-order valence-corrected chi connectivity index (χ4v) is 2.71. The number of carbonyl (C=O) groups is 2. The van der Waals surface area contributed by atoms with Crippen LogP contribution in [0.3, 0.4) is 0 Å². The Bertz CT molecular complexity index is 317. The Balaban J connectivity index is 2.61. The van der Waals surface area contributed by atoms with Crippen LogP contribution in [-0.4, -0.2) is 22.5 Å². The number of hydrogen-bond donors (Lipinski definition) is 2.